The Bertz CT molecular complexity index is 706. The molecule has 0 aliphatic carbocycles. The SMILES string of the molecule is CCNC(=NCC(=O)N(CC)Cc1ccccc1)N(C)CCc1cccs1.I. The number of halogens is 1. The number of hydrogen-bond donors (Lipinski definition) is 1. The van der Waals surface area contributed by atoms with Gasteiger partial charge in [0, 0.05) is 38.1 Å². The predicted molar refractivity (Wildman–Crippen MR) is 130 cm³/mol. The standard InChI is InChI=1S/C21H30N4OS.HI/c1-4-22-21(24(3)14-13-19-12-9-15-27-19)23-16-20(26)25(5-2)17-18-10-7-6-8-11-18;/h6-12,15H,4-5,13-14,16-17H2,1-3H3,(H,22,23);1H. The van der Waals surface area contributed by atoms with E-state index in [0.29, 0.717) is 13.1 Å². The molecule has 28 heavy (non-hydrogen) atoms. The summed E-state index contributed by atoms with van der Waals surface area (Å²) in [4.78, 5) is 22.5. The lowest BCUT2D eigenvalue weighted by Gasteiger charge is -2.23. The number of guanidine groups is 1. The fraction of sp³-hybridized carbons (Fsp3) is 0.429. The van der Waals surface area contributed by atoms with Gasteiger partial charge in [-0.3, -0.25) is 4.79 Å². The number of nitrogens with one attached hydrogen (secondary N) is 1. The minimum absolute atomic E-state index is 0. The van der Waals surface area contributed by atoms with Crippen molar-refractivity contribution < 1.29 is 4.79 Å². The molecule has 0 fully saturated rings. The fourth-order valence-corrected chi connectivity index (χ4v) is 3.43. The quantitative estimate of drug-likeness (QED) is 0.314. The van der Waals surface area contributed by atoms with Crippen LogP contribution in [0.25, 0.3) is 0 Å². The molecule has 1 heterocycles. The average Bonchev–Trinajstić information content (AvgIpc) is 3.21. The van der Waals surface area contributed by atoms with Crippen molar-refractivity contribution in [2.24, 2.45) is 4.99 Å². The van der Waals surface area contributed by atoms with Crippen molar-refractivity contribution in [3.05, 3.63) is 58.3 Å². The Morgan fingerprint density at radius 1 is 1.14 bits per heavy atom. The first kappa shape index (κ1) is 24.4. The summed E-state index contributed by atoms with van der Waals surface area (Å²) >= 11 is 1.77. The number of nitrogens with zero attached hydrogens (tertiary/aromatic N) is 3. The van der Waals surface area contributed by atoms with Crippen LogP contribution in [0.4, 0.5) is 0 Å². The summed E-state index contributed by atoms with van der Waals surface area (Å²) in [5, 5.41) is 5.38. The summed E-state index contributed by atoms with van der Waals surface area (Å²) in [6, 6.07) is 14.3. The molecule has 0 unspecified atom stereocenters. The zero-order valence-electron chi connectivity index (χ0n) is 16.9. The highest BCUT2D eigenvalue weighted by atomic mass is 127. The molecule has 1 N–H and O–H groups in total. The van der Waals surface area contributed by atoms with Gasteiger partial charge in [0.25, 0.3) is 0 Å². The third-order valence-electron chi connectivity index (χ3n) is 4.28. The third kappa shape index (κ3) is 8.18. The van der Waals surface area contributed by atoms with E-state index in [0.717, 1.165) is 31.0 Å². The van der Waals surface area contributed by atoms with Gasteiger partial charge in [0.05, 0.1) is 0 Å². The minimum Gasteiger partial charge on any atom is -0.357 e. The van der Waals surface area contributed by atoms with E-state index in [1.54, 1.807) is 11.3 Å². The van der Waals surface area contributed by atoms with E-state index in [1.165, 1.54) is 4.88 Å². The number of carbonyl (C=O) groups is 1. The van der Waals surface area contributed by atoms with Crippen molar-refractivity contribution in [2.45, 2.75) is 26.8 Å². The van der Waals surface area contributed by atoms with E-state index in [1.807, 2.05) is 56.1 Å². The summed E-state index contributed by atoms with van der Waals surface area (Å²) in [6.07, 6.45) is 0.974. The van der Waals surface area contributed by atoms with Gasteiger partial charge in [0.15, 0.2) is 5.96 Å². The molecule has 0 spiro atoms. The second-order valence-electron chi connectivity index (χ2n) is 6.31. The lowest BCUT2D eigenvalue weighted by atomic mass is 10.2. The van der Waals surface area contributed by atoms with Gasteiger partial charge in [0.2, 0.25) is 5.91 Å². The summed E-state index contributed by atoms with van der Waals surface area (Å²) in [7, 11) is 2.02. The molecule has 0 aliphatic rings. The smallest absolute Gasteiger partial charge is 0.244 e. The van der Waals surface area contributed by atoms with Crippen LogP contribution in [0.5, 0.6) is 0 Å². The molecule has 5 nitrogen and oxygen atoms in total. The van der Waals surface area contributed by atoms with Crippen molar-refractivity contribution in [1.82, 2.24) is 15.1 Å². The van der Waals surface area contributed by atoms with E-state index in [2.05, 4.69) is 32.7 Å². The molecule has 0 saturated carbocycles. The number of benzene rings is 1. The summed E-state index contributed by atoms with van der Waals surface area (Å²) < 4.78 is 0. The van der Waals surface area contributed by atoms with Gasteiger partial charge in [0.1, 0.15) is 6.54 Å². The van der Waals surface area contributed by atoms with Gasteiger partial charge in [-0.05, 0) is 37.3 Å². The topological polar surface area (TPSA) is 47.9 Å². The van der Waals surface area contributed by atoms with Gasteiger partial charge in [-0.1, -0.05) is 36.4 Å². The summed E-state index contributed by atoms with van der Waals surface area (Å²) in [5.41, 5.74) is 1.14. The molecular weight excluding hydrogens is 483 g/mol. The molecule has 1 aromatic heterocycles. The molecule has 0 saturated heterocycles. The summed E-state index contributed by atoms with van der Waals surface area (Å²) in [5.74, 6) is 0.821. The van der Waals surface area contributed by atoms with Crippen LogP contribution in [-0.2, 0) is 17.8 Å². The van der Waals surface area contributed by atoms with Crippen LogP contribution in [0.1, 0.15) is 24.3 Å². The highest BCUT2D eigenvalue weighted by Gasteiger charge is 2.13. The Hall–Kier alpha value is -1.61. The normalized spacial score (nSPS) is 10.9. The van der Waals surface area contributed by atoms with E-state index in [4.69, 9.17) is 0 Å². The maximum atomic E-state index is 12.6. The summed E-state index contributed by atoms with van der Waals surface area (Å²) in [6.45, 7) is 7.14. The van der Waals surface area contributed by atoms with E-state index < -0.39 is 0 Å². The number of amides is 1. The highest BCUT2D eigenvalue weighted by Crippen LogP contribution is 2.09. The van der Waals surface area contributed by atoms with Crippen molar-refractivity contribution in [3.8, 4) is 0 Å². The van der Waals surface area contributed by atoms with Crippen LogP contribution < -0.4 is 5.32 Å². The zero-order chi connectivity index (χ0) is 19.5. The maximum absolute atomic E-state index is 12.6. The Kier molecular flexibility index (Phi) is 11.8. The lowest BCUT2D eigenvalue weighted by Crippen LogP contribution is -2.41. The molecule has 0 radical (unpaired) electrons. The monoisotopic (exact) mass is 514 g/mol. The minimum atomic E-state index is 0. The second-order valence-corrected chi connectivity index (χ2v) is 7.35. The Labute approximate surface area is 189 Å². The Morgan fingerprint density at radius 2 is 1.89 bits per heavy atom. The first-order valence-corrected chi connectivity index (χ1v) is 10.4. The van der Waals surface area contributed by atoms with Crippen LogP contribution in [0.3, 0.4) is 0 Å². The van der Waals surface area contributed by atoms with E-state index >= 15 is 0 Å². The van der Waals surface area contributed by atoms with Gasteiger partial charge >= 0.3 is 0 Å². The molecule has 2 aromatic rings. The van der Waals surface area contributed by atoms with Crippen molar-refractivity contribution in [3.63, 3.8) is 0 Å². The number of rotatable bonds is 9. The molecule has 7 heteroatoms. The van der Waals surface area contributed by atoms with Crippen LogP contribution in [0, 0.1) is 0 Å². The molecule has 2 rings (SSSR count). The van der Waals surface area contributed by atoms with Gasteiger partial charge in [-0.25, -0.2) is 4.99 Å². The molecule has 154 valence electrons. The van der Waals surface area contributed by atoms with Gasteiger partial charge in [-0.2, -0.15) is 0 Å². The molecule has 0 atom stereocenters. The average molecular weight is 514 g/mol. The predicted octanol–water partition coefficient (Wildman–Crippen LogP) is 3.85. The van der Waals surface area contributed by atoms with E-state index in [9.17, 15) is 4.79 Å². The molecule has 0 aliphatic heterocycles. The number of thiophene rings is 1. The molecule has 0 bridgehead atoms. The Balaban J connectivity index is 0.00000392. The van der Waals surface area contributed by atoms with E-state index in [-0.39, 0.29) is 36.4 Å². The van der Waals surface area contributed by atoms with Crippen molar-refractivity contribution in [2.75, 3.05) is 33.2 Å². The number of aliphatic imine (C=N–C) groups is 1. The first-order valence-electron chi connectivity index (χ1n) is 9.47. The zero-order valence-corrected chi connectivity index (χ0v) is 20.1. The second kappa shape index (κ2) is 13.5. The fourth-order valence-electron chi connectivity index (χ4n) is 2.73. The van der Waals surface area contributed by atoms with Crippen LogP contribution in [-0.4, -0.2) is 54.9 Å². The largest absolute Gasteiger partial charge is 0.357 e. The van der Waals surface area contributed by atoms with Crippen molar-refractivity contribution >= 4 is 47.2 Å². The maximum Gasteiger partial charge on any atom is 0.244 e. The van der Waals surface area contributed by atoms with Crippen LogP contribution in [0.15, 0.2) is 52.8 Å². The number of hydrogen-bond acceptors (Lipinski definition) is 3. The lowest BCUT2D eigenvalue weighted by molar-refractivity contribution is -0.130. The molecular formula is C21H31IN4OS. The number of carbonyl (C=O) groups excluding carboxylic acids is 1. The van der Waals surface area contributed by atoms with Crippen LogP contribution >= 0.6 is 35.3 Å². The molecule has 1 aromatic carbocycles. The third-order valence-corrected chi connectivity index (χ3v) is 5.22. The van der Waals surface area contributed by atoms with Gasteiger partial charge in [-0.15, -0.1) is 35.3 Å². The number of likely N-dealkylation sites (N-methyl/N-ethyl adjacent to an activating group) is 2. The molecule has 1 amide bonds. The highest BCUT2D eigenvalue weighted by molar-refractivity contribution is 14.0. The first-order chi connectivity index (χ1) is 13.1. The van der Waals surface area contributed by atoms with Crippen LogP contribution in [0.2, 0.25) is 0 Å². The Morgan fingerprint density at radius 3 is 2.50 bits per heavy atom. The van der Waals surface area contributed by atoms with Crippen molar-refractivity contribution in [1.29, 1.82) is 0 Å². The van der Waals surface area contributed by atoms with Gasteiger partial charge < -0.3 is 15.1 Å².